The van der Waals surface area contributed by atoms with Crippen molar-refractivity contribution in [1.82, 2.24) is 10.6 Å². The molecule has 1 saturated heterocycles. The maximum Gasteiger partial charge on any atom is 0.408 e. The third-order valence-electron chi connectivity index (χ3n) is 1.89. The zero-order valence-corrected chi connectivity index (χ0v) is 9.06. The van der Waals surface area contributed by atoms with Gasteiger partial charge in [-0.25, -0.2) is 13.6 Å². The summed E-state index contributed by atoms with van der Waals surface area (Å²) in [5, 5.41) is 4.94. The van der Waals surface area contributed by atoms with Gasteiger partial charge in [0, 0.05) is 12.1 Å². The summed E-state index contributed by atoms with van der Waals surface area (Å²) in [6.07, 6.45) is -2.18. The molecule has 0 radical (unpaired) electrons. The normalized spacial score (nSPS) is 25.0. The minimum Gasteiger partial charge on any atom is -0.438 e. The summed E-state index contributed by atoms with van der Waals surface area (Å²) in [4.78, 5) is 11.2. The summed E-state index contributed by atoms with van der Waals surface area (Å²) in [6.45, 7) is 4.79. The van der Waals surface area contributed by atoms with Gasteiger partial charge < -0.3 is 15.4 Å². The number of rotatable bonds is 1. The summed E-state index contributed by atoms with van der Waals surface area (Å²) in [7, 11) is 0. The number of halogens is 2. The highest BCUT2D eigenvalue weighted by atomic mass is 19.3. The van der Waals surface area contributed by atoms with E-state index in [4.69, 9.17) is 0 Å². The largest absolute Gasteiger partial charge is 0.438 e. The highest BCUT2D eigenvalue weighted by Gasteiger charge is 2.46. The standard InChI is InChI=1S/C9H16F2N2O2/c1-8(2,3)13-7(14)15-6-4-12-5-9(6,10)11/h6,12H,4-5H2,1-3H3,(H,13,14)/t6-/m0/s1. The first-order chi connectivity index (χ1) is 6.71. The maximum absolute atomic E-state index is 13.0. The Morgan fingerprint density at radius 3 is 2.53 bits per heavy atom. The molecule has 1 rings (SSSR count). The molecule has 0 aromatic heterocycles. The molecule has 0 bridgehead atoms. The van der Waals surface area contributed by atoms with Crippen LogP contribution < -0.4 is 10.6 Å². The lowest BCUT2D eigenvalue weighted by Crippen LogP contribution is -2.45. The number of hydrogen-bond acceptors (Lipinski definition) is 3. The van der Waals surface area contributed by atoms with Crippen LogP contribution in [-0.2, 0) is 4.74 Å². The second-order valence-electron chi connectivity index (χ2n) is 4.66. The summed E-state index contributed by atoms with van der Waals surface area (Å²) in [5.41, 5.74) is -0.488. The van der Waals surface area contributed by atoms with Crippen LogP contribution >= 0.6 is 0 Å². The molecule has 1 atom stereocenters. The Morgan fingerprint density at radius 2 is 2.13 bits per heavy atom. The van der Waals surface area contributed by atoms with E-state index in [1.165, 1.54) is 0 Å². The Balaban J connectivity index is 2.45. The molecule has 0 aliphatic carbocycles. The van der Waals surface area contributed by atoms with E-state index in [0.717, 1.165) is 0 Å². The van der Waals surface area contributed by atoms with Crippen molar-refractivity contribution < 1.29 is 18.3 Å². The van der Waals surface area contributed by atoms with Crippen LogP contribution in [0.2, 0.25) is 0 Å². The number of alkyl halides is 2. The molecule has 2 N–H and O–H groups in total. The maximum atomic E-state index is 13.0. The Bertz CT molecular complexity index is 251. The van der Waals surface area contributed by atoms with Gasteiger partial charge in [-0.2, -0.15) is 0 Å². The van der Waals surface area contributed by atoms with E-state index in [1.807, 2.05) is 0 Å². The molecule has 0 unspecified atom stereocenters. The van der Waals surface area contributed by atoms with E-state index < -0.39 is 30.2 Å². The SMILES string of the molecule is CC(C)(C)NC(=O)O[C@H]1CNCC1(F)F. The van der Waals surface area contributed by atoms with Crippen LogP contribution in [0.4, 0.5) is 13.6 Å². The van der Waals surface area contributed by atoms with Gasteiger partial charge in [-0.1, -0.05) is 0 Å². The zero-order valence-electron chi connectivity index (χ0n) is 9.06. The average molecular weight is 222 g/mol. The van der Waals surface area contributed by atoms with Crippen LogP contribution in [0.25, 0.3) is 0 Å². The number of amides is 1. The van der Waals surface area contributed by atoms with Crippen molar-refractivity contribution in [2.45, 2.75) is 38.3 Å². The number of alkyl carbamates (subject to hydrolysis) is 1. The van der Waals surface area contributed by atoms with E-state index in [1.54, 1.807) is 20.8 Å². The molecule has 0 spiro atoms. The Hall–Kier alpha value is -0.910. The molecule has 4 nitrogen and oxygen atoms in total. The molecule has 1 aliphatic rings. The molecule has 0 aromatic rings. The van der Waals surface area contributed by atoms with Crippen molar-refractivity contribution in [1.29, 1.82) is 0 Å². The summed E-state index contributed by atoms with van der Waals surface area (Å²) < 4.78 is 30.7. The number of carbonyl (C=O) groups is 1. The fourth-order valence-electron chi connectivity index (χ4n) is 1.23. The second kappa shape index (κ2) is 3.92. The first-order valence-corrected chi connectivity index (χ1v) is 4.78. The van der Waals surface area contributed by atoms with Crippen molar-refractivity contribution in [3.8, 4) is 0 Å². The van der Waals surface area contributed by atoms with Crippen LogP contribution in [0.5, 0.6) is 0 Å². The molecule has 88 valence electrons. The first-order valence-electron chi connectivity index (χ1n) is 4.78. The summed E-state index contributed by atoms with van der Waals surface area (Å²) in [6, 6.07) is 0. The van der Waals surface area contributed by atoms with Crippen molar-refractivity contribution in [3.05, 3.63) is 0 Å². The fourth-order valence-corrected chi connectivity index (χ4v) is 1.23. The zero-order chi connectivity index (χ0) is 11.7. The van der Waals surface area contributed by atoms with Gasteiger partial charge in [-0.3, -0.25) is 0 Å². The van der Waals surface area contributed by atoms with E-state index in [-0.39, 0.29) is 6.54 Å². The molecular formula is C9H16F2N2O2. The van der Waals surface area contributed by atoms with E-state index >= 15 is 0 Å². The van der Waals surface area contributed by atoms with Crippen molar-refractivity contribution in [2.75, 3.05) is 13.1 Å². The van der Waals surface area contributed by atoms with Gasteiger partial charge >= 0.3 is 6.09 Å². The van der Waals surface area contributed by atoms with Gasteiger partial charge in [-0.05, 0) is 20.8 Å². The molecule has 1 heterocycles. The number of nitrogens with one attached hydrogen (secondary N) is 2. The van der Waals surface area contributed by atoms with Gasteiger partial charge in [0.15, 0.2) is 6.10 Å². The third kappa shape index (κ3) is 3.62. The van der Waals surface area contributed by atoms with Crippen LogP contribution in [0.3, 0.4) is 0 Å². The molecule has 15 heavy (non-hydrogen) atoms. The smallest absolute Gasteiger partial charge is 0.408 e. The van der Waals surface area contributed by atoms with Gasteiger partial charge in [-0.15, -0.1) is 0 Å². The highest BCUT2D eigenvalue weighted by molar-refractivity contribution is 5.68. The summed E-state index contributed by atoms with van der Waals surface area (Å²) in [5.74, 6) is -2.98. The van der Waals surface area contributed by atoms with Crippen LogP contribution in [0.15, 0.2) is 0 Å². The minimum absolute atomic E-state index is 0.00936. The molecule has 0 aromatic carbocycles. The molecule has 6 heteroatoms. The molecule has 0 saturated carbocycles. The average Bonchev–Trinajstić information content (AvgIpc) is 2.26. The summed E-state index contributed by atoms with van der Waals surface area (Å²) >= 11 is 0. The second-order valence-corrected chi connectivity index (χ2v) is 4.66. The Kier molecular flexibility index (Phi) is 3.18. The number of ether oxygens (including phenoxy) is 1. The fraction of sp³-hybridized carbons (Fsp3) is 0.889. The lowest BCUT2D eigenvalue weighted by Gasteiger charge is -2.23. The Labute approximate surface area is 87.4 Å². The van der Waals surface area contributed by atoms with Gasteiger partial charge in [0.1, 0.15) is 0 Å². The minimum atomic E-state index is -2.98. The number of carbonyl (C=O) groups excluding carboxylic acids is 1. The van der Waals surface area contributed by atoms with Crippen molar-refractivity contribution in [3.63, 3.8) is 0 Å². The third-order valence-corrected chi connectivity index (χ3v) is 1.89. The molecular weight excluding hydrogens is 206 g/mol. The lowest BCUT2D eigenvalue weighted by atomic mass is 10.1. The van der Waals surface area contributed by atoms with E-state index in [9.17, 15) is 13.6 Å². The van der Waals surface area contributed by atoms with E-state index in [0.29, 0.717) is 0 Å². The Morgan fingerprint density at radius 1 is 1.53 bits per heavy atom. The monoisotopic (exact) mass is 222 g/mol. The van der Waals surface area contributed by atoms with Crippen LogP contribution in [0.1, 0.15) is 20.8 Å². The first kappa shape index (κ1) is 12.2. The quantitative estimate of drug-likeness (QED) is 0.699. The predicted molar refractivity (Wildman–Crippen MR) is 51.0 cm³/mol. The number of hydrogen-bond donors (Lipinski definition) is 2. The van der Waals surface area contributed by atoms with Gasteiger partial charge in [0.25, 0.3) is 5.92 Å². The predicted octanol–water partition coefficient (Wildman–Crippen LogP) is 1.12. The highest BCUT2D eigenvalue weighted by Crippen LogP contribution is 2.24. The van der Waals surface area contributed by atoms with Crippen LogP contribution in [0, 0.1) is 0 Å². The van der Waals surface area contributed by atoms with Crippen LogP contribution in [-0.4, -0.2) is 36.7 Å². The van der Waals surface area contributed by atoms with Crippen molar-refractivity contribution in [2.24, 2.45) is 0 Å². The van der Waals surface area contributed by atoms with Crippen molar-refractivity contribution >= 4 is 6.09 Å². The van der Waals surface area contributed by atoms with Gasteiger partial charge in [0.05, 0.1) is 6.54 Å². The molecule has 1 amide bonds. The topological polar surface area (TPSA) is 50.4 Å². The van der Waals surface area contributed by atoms with E-state index in [2.05, 4.69) is 15.4 Å². The van der Waals surface area contributed by atoms with Gasteiger partial charge in [0.2, 0.25) is 0 Å². The lowest BCUT2D eigenvalue weighted by molar-refractivity contribution is -0.0773. The molecule has 1 fully saturated rings. The molecule has 1 aliphatic heterocycles.